The molecule has 3 aliphatic heterocycles. The van der Waals surface area contributed by atoms with Crippen molar-refractivity contribution in [3.63, 3.8) is 0 Å². The van der Waals surface area contributed by atoms with E-state index >= 15 is 0 Å². The third kappa shape index (κ3) is 9.34. The molecule has 0 bridgehead atoms. The van der Waals surface area contributed by atoms with Crippen LogP contribution in [-0.4, -0.2) is 99.3 Å². The molecule has 4 aliphatic rings. The van der Waals surface area contributed by atoms with E-state index < -0.39 is 35.3 Å². The van der Waals surface area contributed by atoms with E-state index in [1.807, 2.05) is 23.0 Å². The van der Waals surface area contributed by atoms with E-state index in [9.17, 15) is 37.5 Å². The summed E-state index contributed by atoms with van der Waals surface area (Å²) in [6, 6.07) is 11.7. The average molecular weight is 859 g/mol. The molecule has 4 amide bonds. The fourth-order valence-electron chi connectivity index (χ4n) is 9.59. The highest BCUT2D eigenvalue weighted by Gasteiger charge is 2.38. The predicted molar refractivity (Wildman–Crippen MR) is 224 cm³/mol. The molecule has 8 rings (SSSR count). The monoisotopic (exact) mass is 858 g/mol. The number of fused-ring (bicyclic) bond motifs is 2. The highest BCUT2D eigenvalue weighted by Crippen LogP contribution is 2.37. The Balaban J connectivity index is 0.837. The molecular weight excluding hydrogens is 806 g/mol. The largest absolute Gasteiger partial charge is 0.433 e. The Kier molecular flexibility index (Phi) is 12.1. The number of alkyl halides is 3. The van der Waals surface area contributed by atoms with Gasteiger partial charge >= 0.3 is 6.18 Å². The molecule has 1 saturated carbocycles. The zero-order chi connectivity index (χ0) is 43.9. The maximum atomic E-state index is 13.7. The quantitative estimate of drug-likeness (QED) is 0.156. The van der Waals surface area contributed by atoms with Crippen LogP contribution in [0.3, 0.4) is 0 Å². The lowest BCUT2D eigenvalue weighted by molar-refractivity contribution is -0.141. The topological polar surface area (TPSA) is 162 Å². The smallest absolute Gasteiger partial charge is 0.386 e. The summed E-state index contributed by atoms with van der Waals surface area (Å²) in [6.45, 7) is 7.13. The molecule has 17 heteroatoms. The molecule has 3 N–H and O–H groups in total. The number of hydrogen-bond acceptors (Lipinski definition) is 10. The molecular formula is C45H53F3N8O6. The number of amides is 4. The van der Waals surface area contributed by atoms with Gasteiger partial charge in [0.25, 0.3) is 11.8 Å². The number of nitrogens with zero attached hydrogens (tertiary/aromatic N) is 6. The molecule has 3 fully saturated rings. The second kappa shape index (κ2) is 17.4. The zero-order valence-corrected chi connectivity index (χ0v) is 35.2. The Labute approximate surface area is 357 Å². The van der Waals surface area contributed by atoms with Crippen molar-refractivity contribution < 1.29 is 42.2 Å². The fourth-order valence-corrected chi connectivity index (χ4v) is 9.59. The first-order valence-corrected chi connectivity index (χ1v) is 21.4. The summed E-state index contributed by atoms with van der Waals surface area (Å²) >= 11 is 0. The molecule has 0 spiro atoms. The van der Waals surface area contributed by atoms with Crippen molar-refractivity contribution >= 4 is 45.9 Å². The van der Waals surface area contributed by atoms with Gasteiger partial charge in [-0.15, -0.1) is 0 Å². The second-order valence-corrected chi connectivity index (χ2v) is 17.8. The number of piperidine rings is 2. The number of aromatic nitrogens is 3. The molecule has 14 nitrogen and oxygen atoms in total. The van der Waals surface area contributed by atoms with Crippen LogP contribution in [0.2, 0.25) is 0 Å². The maximum Gasteiger partial charge on any atom is 0.433 e. The lowest BCUT2D eigenvalue weighted by atomic mass is 9.85. The van der Waals surface area contributed by atoms with Gasteiger partial charge in [-0.05, 0) is 114 Å². The molecule has 2 saturated heterocycles. The number of benzene rings is 2. The van der Waals surface area contributed by atoms with E-state index in [1.54, 1.807) is 32.0 Å². The molecule has 2 aromatic carbocycles. The molecule has 62 heavy (non-hydrogen) atoms. The lowest BCUT2D eigenvalue weighted by Gasteiger charge is -2.37. The number of carbonyl (C=O) groups excluding carboxylic acids is 4. The summed E-state index contributed by atoms with van der Waals surface area (Å²) in [4.78, 5) is 60.9. The first-order valence-electron chi connectivity index (χ1n) is 21.4. The van der Waals surface area contributed by atoms with Crippen LogP contribution in [0.1, 0.15) is 109 Å². The molecule has 1 unspecified atom stereocenters. The van der Waals surface area contributed by atoms with Crippen LogP contribution in [0.15, 0.2) is 54.7 Å². The highest BCUT2D eigenvalue weighted by molar-refractivity contribution is 6.05. The van der Waals surface area contributed by atoms with Gasteiger partial charge < -0.3 is 29.9 Å². The average Bonchev–Trinajstić information content (AvgIpc) is 3.57. The van der Waals surface area contributed by atoms with E-state index in [-0.39, 0.29) is 55.4 Å². The number of carbonyl (C=O) groups is 4. The number of rotatable bonds is 10. The molecule has 4 aromatic rings. The molecule has 2 aromatic heterocycles. The zero-order valence-electron chi connectivity index (χ0n) is 35.2. The summed E-state index contributed by atoms with van der Waals surface area (Å²) in [6.07, 6.45) is 3.73. The van der Waals surface area contributed by atoms with Gasteiger partial charge in [-0.25, -0.2) is 4.98 Å². The fraction of sp³-hybridized carbons (Fsp3) is 0.511. The maximum absolute atomic E-state index is 13.7. The highest BCUT2D eigenvalue weighted by atomic mass is 19.4. The molecule has 5 heterocycles. The first kappa shape index (κ1) is 43.3. The number of nitrogens with one attached hydrogen (secondary N) is 2. The summed E-state index contributed by atoms with van der Waals surface area (Å²) in [5, 5.41) is 21.6. The number of ether oxygens (including phenoxy) is 1. The van der Waals surface area contributed by atoms with Gasteiger partial charge in [-0.2, -0.15) is 18.3 Å². The molecule has 1 aliphatic carbocycles. The van der Waals surface area contributed by atoms with Crippen LogP contribution in [0, 0.1) is 11.8 Å². The standard InChI is InChI=1S/C45H53F3N8O6/c1-44(2,61)33-21-35-29(20-36(33)50-41(58)34-7-5-9-39(49-34)45(46,47)48)24-56(52-35)30-12-10-27(11-13-30)22-53(3)23-28-16-18-54(19-17-28)37-8-4-6-31-32(37)25-62-26-55(43(31)60)38-14-15-40(57)51-42(38)59/h4-9,20-21,24,27-28,30,38,61H,10-19,22-23,25-26H2,1-3H3,(H,50,58)(H,51,57,59)/t27-,30-,38?. The first-order chi connectivity index (χ1) is 29.5. The Bertz CT molecular complexity index is 2350. The molecule has 1 atom stereocenters. The van der Waals surface area contributed by atoms with Crippen LogP contribution in [0.5, 0.6) is 0 Å². The SMILES string of the molecule is CN(CC1CCN(c2cccc3c2COCN(C2CCC(=O)NC2=O)C3=O)CC1)C[C@H]1CC[C@H](n2cc3cc(NC(=O)c4cccc(C(F)(F)F)n4)c(C(C)(C)O)cc3n2)CC1. The predicted octanol–water partition coefficient (Wildman–Crippen LogP) is 6.24. The van der Waals surface area contributed by atoms with Gasteiger partial charge in [0.2, 0.25) is 11.8 Å². The number of imide groups is 1. The van der Waals surface area contributed by atoms with Crippen LogP contribution < -0.4 is 15.5 Å². The van der Waals surface area contributed by atoms with Crippen molar-refractivity contribution in [2.75, 3.05) is 50.2 Å². The van der Waals surface area contributed by atoms with Crippen molar-refractivity contribution in [3.8, 4) is 0 Å². The number of halogens is 3. The van der Waals surface area contributed by atoms with Crippen molar-refractivity contribution in [1.29, 1.82) is 0 Å². The Hall–Kier alpha value is -5.39. The lowest BCUT2D eigenvalue weighted by Crippen LogP contribution is -2.54. The van der Waals surface area contributed by atoms with E-state index in [0.717, 1.165) is 93.5 Å². The summed E-state index contributed by atoms with van der Waals surface area (Å²) in [5.41, 5.74) is 0.728. The van der Waals surface area contributed by atoms with Gasteiger partial charge in [-0.3, -0.25) is 29.2 Å². The minimum absolute atomic E-state index is 0.0127. The van der Waals surface area contributed by atoms with E-state index in [1.165, 1.54) is 11.0 Å². The van der Waals surface area contributed by atoms with Gasteiger partial charge in [0.1, 0.15) is 24.2 Å². The van der Waals surface area contributed by atoms with Crippen LogP contribution in [0.25, 0.3) is 10.9 Å². The number of pyridine rings is 1. The normalized spacial score (nSPS) is 21.9. The molecule has 330 valence electrons. The van der Waals surface area contributed by atoms with Crippen molar-refractivity contribution in [3.05, 3.63) is 82.8 Å². The van der Waals surface area contributed by atoms with Gasteiger partial charge in [0.05, 0.1) is 23.8 Å². The third-order valence-electron chi connectivity index (χ3n) is 12.8. The minimum atomic E-state index is -4.70. The van der Waals surface area contributed by atoms with E-state index in [0.29, 0.717) is 28.5 Å². The van der Waals surface area contributed by atoms with E-state index in [2.05, 4.69) is 32.5 Å². The van der Waals surface area contributed by atoms with Gasteiger partial charge in [-0.1, -0.05) is 12.1 Å². The van der Waals surface area contributed by atoms with Crippen molar-refractivity contribution in [2.24, 2.45) is 11.8 Å². The Morgan fingerprint density at radius 1 is 0.968 bits per heavy atom. The number of hydrogen-bond donors (Lipinski definition) is 3. The van der Waals surface area contributed by atoms with Gasteiger partial charge in [0, 0.05) is 72.2 Å². The van der Waals surface area contributed by atoms with Crippen LogP contribution in [0.4, 0.5) is 24.5 Å². The van der Waals surface area contributed by atoms with Crippen molar-refractivity contribution in [1.82, 2.24) is 29.9 Å². The summed E-state index contributed by atoms with van der Waals surface area (Å²) in [7, 11) is 2.20. The number of anilines is 2. The Morgan fingerprint density at radius 2 is 1.68 bits per heavy atom. The van der Waals surface area contributed by atoms with E-state index in [4.69, 9.17) is 9.84 Å². The minimum Gasteiger partial charge on any atom is -0.386 e. The van der Waals surface area contributed by atoms with Crippen molar-refractivity contribution in [2.45, 2.75) is 95.7 Å². The summed E-state index contributed by atoms with van der Waals surface area (Å²) in [5.74, 6) is -0.779. The number of aliphatic hydroxyl groups is 1. The van der Waals surface area contributed by atoms with Crippen LogP contribution in [-0.2, 0) is 32.7 Å². The summed E-state index contributed by atoms with van der Waals surface area (Å²) < 4.78 is 47.8. The second-order valence-electron chi connectivity index (χ2n) is 17.8. The van der Waals surface area contributed by atoms with Gasteiger partial charge in [0.15, 0.2) is 0 Å². The van der Waals surface area contributed by atoms with Crippen LogP contribution >= 0.6 is 0 Å². The molecule has 0 radical (unpaired) electrons. The third-order valence-corrected chi connectivity index (χ3v) is 12.8. The Morgan fingerprint density at radius 3 is 2.37 bits per heavy atom.